The fraction of sp³-hybridized carbons (Fsp3) is 0.455. The Hall–Kier alpha value is -0.820. The highest BCUT2D eigenvalue weighted by Crippen LogP contribution is 2.23. The largest absolute Gasteiger partial charge is 0.385 e. The Labute approximate surface area is 74.1 Å². The SMILES string of the molecule is CC[C@@](C)(O)c1ccc(C)cc1. The van der Waals surface area contributed by atoms with Crippen molar-refractivity contribution < 1.29 is 5.11 Å². The van der Waals surface area contributed by atoms with Crippen LogP contribution in [-0.4, -0.2) is 5.11 Å². The fourth-order valence-corrected chi connectivity index (χ4v) is 1.12. The van der Waals surface area contributed by atoms with Crippen molar-refractivity contribution >= 4 is 0 Å². The van der Waals surface area contributed by atoms with Crippen molar-refractivity contribution in [3.05, 3.63) is 35.4 Å². The van der Waals surface area contributed by atoms with E-state index in [1.165, 1.54) is 5.56 Å². The lowest BCUT2D eigenvalue weighted by Gasteiger charge is -2.21. The van der Waals surface area contributed by atoms with Crippen LogP contribution in [0.3, 0.4) is 0 Å². The van der Waals surface area contributed by atoms with Gasteiger partial charge in [0.1, 0.15) is 0 Å². The first-order chi connectivity index (χ1) is 5.56. The Kier molecular flexibility index (Phi) is 2.53. The van der Waals surface area contributed by atoms with Crippen molar-refractivity contribution in [2.75, 3.05) is 0 Å². The molecular formula is C11H16O. The maximum absolute atomic E-state index is 9.89. The van der Waals surface area contributed by atoms with Gasteiger partial charge in [-0.25, -0.2) is 0 Å². The molecule has 0 saturated carbocycles. The molecule has 1 nitrogen and oxygen atoms in total. The molecule has 1 heteroatoms. The lowest BCUT2D eigenvalue weighted by molar-refractivity contribution is 0.0531. The lowest BCUT2D eigenvalue weighted by atomic mass is 9.93. The second-order valence-electron chi connectivity index (χ2n) is 3.49. The van der Waals surface area contributed by atoms with Gasteiger partial charge < -0.3 is 5.11 Å². The first-order valence-corrected chi connectivity index (χ1v) is 4.36. The summed E-state index contributed by atoms with van der Waals surface area (Å²) in [6, 6.07) is 8.02. The summed E-state index contributed by atoms with van der Waals surface area (Å²) in [5.74, 6) is 0. The van der Waals surface area contributed by atoms with E-state index in [1.54, 1.807) is 0 Å². The number of hydrogen-bond acceptors (Lipinski definition) is 1. The number of aryl methyl sites for hydroxylation is 1. The number of rotatable bonds is 2. The Morgan fingerprint density at radius 3 is 2.17 bits per heavy atom. The summed E-state index contributed by atoms with van der Waals surface area (Å²) in [6.07, 6.45) is 0.746. The predicted molar refractivity (Wildman–Crippen MR) is 51.0 cm³/mol. The highest BCUT2D eigenvalue weighted by Gasteiger charge is 2.19. The summed E-state index contributed by atoms with van der Waals surface area (Å²) < 4.78 is 0. The van der Waals surface area contributed by atoms with Crippen LogP contribution in [0.25, 0.3) is 0 Å². The quantitative estimate of drug-likeness (QED) is 0.712. The summed E-state index contributed by atoms with van der Waals surface area (Å²) >= 11 is 0. The lowest BCUT2D eigenvalue weighted by Crippen LogP contribution is -2.19. The molecule has 1 rings (SSSR count). The molecule has 0 saturated heterocycles. The fourth-order valence-electron chi connectivity index (χ4n) is 1.12. The van der Waals surface area contributed by atoms with Gasteiger partial charge in [-0.3, -0.25) is 0 Å². The summed E-state index contributed by atoms with van der Waals surface area (Å²) in [7, 11) is 0. The van der Waals surface area contributed by atoms with Crippen molar-refractivity contribution in [2.24, 2.45) is 0 Å². The van der Waals surface area contributed by atoms with E-state index in [-0.39, 0.29) is 0 Å². The van der Waals surface area contributed by atoms with Crippen molar-refractivity contribution in [3.63, 3.8) is 0 Å². The van der Waals surface area contributed by atoms with Gasteiger partial charge in [-0.1, -0.05) is 36.8 Å². The Bertz CT molecular complexity index is 246. The van der Waals surface area contributed by atoms with E-state index in [1.807, 2.05) is 45.0 Å². The molecule has 66 valence electrons. The Morgan fingerprint density at radius 2 is 1.75 bits per heavy atom. The van der Waals surface area contributed by atoms with Crippen LogP contribution in [0.2, 0.25) is 0 Å². The molecule has 1 aromatic rings. The van der Waals surface area contributed by atoms with E-state index in [9.17, 15) is 5.11 Å². The zero-order valence-electron chi connectivity index (χ0n) is 7.96. The normalized spacial score (nSPS) is 15.7. The third-order valence-corrected chi connectivity index (χ3v) is 2.36. The maximum Gasteiger partial charge on any atom is 0.0865 e. The molecule has 0 unspecified atom stereocenters. The first kappa shape index (κ1) is 9.27. The highest BCUT2D eigenvalue weighted by molar-refractivity contribution is 5.25. The van der Waals surface area contributed by atoms with Crippen molar-refractivity contribution in [3.8, 4) is 0 Å². The smallest absolute Gasteiger partial charge is 0.0865 e. The topological polar surface area (TPSA) is 20.2 Å². The van der Waals surface area contributed by atoms with Crippen LogP contribution in [-0.2, 0) is 5.60 Å². The molecule has 0 heterocycles. The molecule has 12 heavy (non-hydrogen) atoms. The Balaban J connectivity index is 2.96. The van der Waals surface area contributed by atoms with Crippen molar-refractivity contribution in [1.82, 2.24) is 0 Å². The molecule has 0 radical (unpaired) electrons. The van der Waals surface area contributed by atoms with Gasteiger partial charge in [0.05, 0.1) is 5.60 Å². The number of aliphatic hydroxyl groups is 1. The van der Waals surface area contributed by atoms with Gasteiger partial charge in [-0.15, -0.1) is 0 Å². The van der Waals surface area contributed by atoms with E-state index in [0.29, 0.717) is 0 Å². The summed E-state index contributed by atoms with van der Waals surface area (Å²) in [6.45, 7) is 5.88. The molecule has 0 aliphatic rings. The van der Waals surface area contributed by atoms with Gasteiger partial charge in [0.15, 0.2) is 0 Å². The second kappa shape index (κ2) is 3.28. The van der Waals surface area contributed by atoms with Crippen LogP contribution < -0.4 is 0 Å². The van der Waals surface area contributed by atoms with E-state index in [2.05, 4.69) is 0 Å². The minimum Gasteiger partial charge on any atom is -0.385 e. The van der Waals surface area contributed by atoms with Crippen LogP contribution in [0.15, 0.2) is 24.3 Å². The summed E-state index contributed by atoms with van der Waals surface area (Å²) in [5, 5.41) is 9.89. The van der Waals surface area contributed by atoms with Gasteiger partial charge in [0.25, 0.3) is 0 Å². The molecule has 0 spiro atoms. The molecule has 0 amide bonds. The van der Waals surface area contributed by atoms with Crippen molar-refractivity contribution in [2.45, 2.75) is 32.8 Å². The van der Waals surface area contributed by atoms with Gasteiger partial charge in [0, 0.05) is 0 Å². The van der Waals surface area contributed by atoms with Gasteiger partial charge in [-0.05, 0) is 25.8 Å². The zero-order valence-corrected chi connectivity index (χ0v) is 7.96. The maximum atomic E-state index is 9.89. The number of benzene rings is 1. The second-order valence-corrected chi connectivity index (χ2v) is 3.49. The third-order valence-electron chi connectivity index (χ3n) is 2.36. The first-order valence-electron chi connectivity index (χ1n) is 4.36. The molecule has 1 atom stereocenters. The zero-order chi connectivity index (χ0) is 9.19. The van der Waals surface area contributed by atoms with E-state index in [4.69, 9.17) is 0 Å². The molecule has 0 aliphatic carbocycles. The van der Waals surface area contributed by atoms with Crippen LogP contribution in [0.1, 0.15) is 31.4 Å². The van der Waals surface area contributed by atoms with E-state index >= 15 is 0 Å². The van der Waals surface area contributed by atoms with Crippen LogP contribution in [0.5, 0.6) is 0 Å². The standard InChI is InChI=1S/C11H16O/c1-4-11(3,12)10-7-5-9(2)6-8-10/h5-8,12H,4H2,1-3H3/t11-/m1/s1. The van der Waals surface area contributed by atoms with E-state index in [0.717, 1.165) is 12.0 Å². The monoisotopic (exact) mass is 164 g/mol. The van der Waals surface area contributed by atoms with Crippen LogP contribution >= 0.6 is 0 Å². The average molecular weight is 164 g/mol. The molecule has 1 N–H and O–H groups in total. The third kappa shape index (κ3) is 1.86. The highest BCUT2D eigenvalue weighted by atomic mass is 16.3. The van der Waals surface area contributed by atoms with Crippen LogP contribution in [0.4, 0.5) is 0 Å². The predicted octanol–water partition coefficient (Wildman–Crippen LogP) is 2.61. The molecule has 0 aliphatic heterocycles. The minimum absolute atomic E-state index is 0.673. The molecule has 0 fully saturated rings. The van der Waals surface area contributed by atoms with Gasteiger partial charge >= 0.3 is 0 Å². The average Bonchev–Trinajstić information content (AvgIpc) is 2.05. The Morgan fingerprint density at radius 1 is 1.25 bits per heavy atom. The minimum atomic E-state index is -0.673. The molecule has 1 aromatic carbocycles. The van der Waals surface area contributed by atoms with Crippen molar-refractivity contribution in [1.29, 1.82) is 0 Å². The van der Waals surface area contributed by atoms with Gasteiger partial charge in [-0.2, -0.15) is 0 Å². The molecule has 0 bridgehead atoms. The van der Waals surface area contributed by atoms with Gasteiger partial charge in [0.2, 0.25) is 0 Å². The number of hydrogen-bond donors (Lipinski definition) is 1. The molecule has 0 aromatic heterocycles. The van der Waals surface area contributed by atoms with E-state index < -0.39 is 5.60 Å². The molecular weight excluding hydrogens is 148 g/mol. The summed E-state index contributed by atoms with van der Waals surface area (Å²) in [4.78, 5) is 0. The van der Waals surface area contributed by atoms with Crippen LogP contribution in [0, 0.1) is 6.92 Å². The summed E-state index contributed by atoms with van der Waals surface area (Å²) in [5.41, 5.74) is 1.55.